The van der Waals surface area contributed by atoms with Crippen LogP contribution in [0.2, 0.25) is 0 Å². The third-order valence-electron chi connectivity index (χ3n) is 3.53. The van der Waals surface area contributed by atoms with Gasteiger partial charge in [0, 0.05) is 49.3 Å². The van der Waals surface area contributed by atoms with Gasteiger partial charge in [-0.1, -0.05) is 0 Å². The summed E-state index contributed by atoms with van der Waals surface area (Å²) < 4.78 is 0. The summed E-state index contributed by atoms with van der Waals surface area (Å²) in [5.74, 6) is 0. The summed E-state index contributed by atoms with van der Waals surface area (Å²) in [7, 11) is 4.19. The van der Waals surface area contributed by atoms with Gasteiger partial charge in [0.15, 0.2) is 0 Å². The number of likely N-dealkylation sites (N-methyl/N-ethyl adjacent to an activating group) is 1. The first-order valence-electron chi connectivity index (χ1n) is 6.74. The molecule has 2 heterocycles. The predicted molar refractivity (Wildman–Crippen MR) is 76.1 cm³/mol. The molecule has 1 aromatic heterocycles. The Labute approximate surface area is 110 Å². The minimum Gasteiger partial charge on any atom is -0.370 e. The molecule has 0 bridgehead atoms. The molecule has 100 valence electrons. The van der Waals surface area contributed by atoms with Crippen LogP contribution in [0.1, 0.15) is 17.7 Å². The van der Waals surface area contributed by atoms with Gasteiger partial charge in [-0.3, -0.25) is 4.98 Å². The minimum atomic E-state index is 0.884. The number of nitrogens with zero attached hydrogens (tertiary/aromatic N) is 3. The zero-order chi connectivity index (χ0) is 13.0. The van der Waals surface area contributed by atoms with Gasteiger partial charge in [0.25, 0.3) is 0 Å². The fourth-order valence-electron chi connectivity index (χ4n) is 2.48. The number of pyridine rings is 1. The Kier molecular flexibility index (Phi) is 4.55. The molecule has 0 amide bonds. The van der Waals surface area contributed by atoms with Gasteiger partial charge in [0.2, 0.25) is 0 Å². The monoisotopic (exact) mass is 248 g/mol. The van der Waals surface area contributed by atoms with Crippen LogP contribution in [0.15, 0.2) is 12.3 Å². The Bertz CT molecular complexity index is 391. The van der Waals surface area contributed by atoms with E-state index < -0.39 is 0 Å². The van der Waals surface area contributed by atoms with Gasteiger partial charge in [-0.25, -0.2) is 0 Å². The van der Waals surface area contributed by atoms with Crippen LogP contribution >= 0.6 is 0 Å². The zero-order valence-electron chi connectivity index (χ0n) is 11.7. The Hall–Kier alpha value is -1.13. The topological polar surface area (TPSA) is 31.4 Å². The minimum absolute atomic E-state index is 0.884. The molecule has 0 radical (unpaired) electrons. The summed E-state index contributed by atoms with van der Waals surface area (Å²) in [6, 6.07) is 2.22. The standard InChI is InChI=1S/C14H24N4/c1-12-9-14(13(10-15-2)11-16-12)18-6-4-5-17(3)7-8-18/h9,11,15H,4-8,10H2,1-3H3. The molecule has 0 atom stereocenters. The number of anilines is 1. The molecule has 4 nitrogen and oxygen atoms in total. The maximum atomic E-state index is 4.41. The molecule has 0 spiro atoms. The maximum absolute atomic E-state index is 4.41. The van der Waals surface area contributed by atoms with Crippen molar-refractivity contribution in [1.82, 2.24) is 15.2 Å². The van der Waals surface area contributed by atoms with Gasteiger partial charge < -0.3 is 15.1 Å². The second-order valence-corrected chi connectivity index (χ2v) is 5.13. The van der Waals surface area contributed by atoms with E-state index >= 15 is 0 Å². The lowest BCUT2D eigenvalue weighted by Crippen LogP contribution is -2.30. The summed E-state index contributed by atoms with van der Waals surface area (Å²) in [4.78, 5) is 9.33. The molecule has 1 saturated heterocycles. The quantitative estimate of drug-likeness (QED) is 0.872. The largest absolute Gasteiger partial charge is 0.370 e. The molecule has 0 unspecified atom stereocenters. The van der Waals surface area contributed by atoms with Crippen molar-refractivity contribution in [2.75, 3.05) is 45.2 Å². The number of rotatable bonds is 3. The van der Waals surface area contributed by atoms with E-state index in [1.54, 1.807) is 0 Å². The van der Waals surface area contributed by atoms with Crippen LogP contribution in [0, 0.1) is 6.92 Å². The summed E-state index contributed by atoms with van der Waals surface area (Å²) in [5, 5.41) is 3.23. The second-order valence-electron chi connectivity index (χ2n) is 5.13. The van der Waals surface area contributed by atoms with Crippen molar-refractivity contribution in [3.8, 4) is 0 Å². The molecule has 1 aliphatic rings. The third kappa shape index (κ3) is 3.21. The summed E-state index contributed by atoms with van der Waals surface area (Å²) in [6.45, 7) is 7.54. The van der Waals surface area contributed by atoms with Gasteiger partial charge >= 0.3 is 0 Å². The van der Waals surface area contributed by atoms with E-state index in [0.717, 1.165) is 31.9 Å². The molecule has 4 heteroatoms. The van der Waals surface area contributed by atoms with Crippen LogP contribution in [0.5, 0.6) is 0 Å². The highest BCUT2D eigenvalue weighted by Crippen LogP contribution is 2.22. The number of aryl methyl sites for hydroxylation is 1. The SMILES string of the molecule is CNCc1cnc(C)cc1N1CCCN(C)CC1. The van der Waals surface area contributed by atoms with Crippen molar-refractivity contribution >= 4 is 5.69 Å². The van der Waals surface area contributed by atoms with Crippen molar-refractivity contribution in [1.29, 1.82) is 0 Å². The lowest BCUT2D eigenvalue weighted by atomic mass is 10.1. The lowest BCUT2D eigenvalue weighted by molar-refractivity contribution is 0.360. The fraction of sp³-hybridized carbons (Fsp3) is 0.643. The molecular weight excluding hydrogens is 224 g/mol. The molecule has 1 aromatic rings. The van der Waals surface area contributed by atoms with Gasteiger partial charge in [-0.2, -0.15) is 0 Å². The van der Waals surface area contributed by atoms with Crippen molar-refractivity contribution in [3.63, 3.8) is 0 Å². The molecule has 2 rings (SSSR count). The van der Waals surface area contributed by atoms with Crippen LogP contribution in [0.3, 0.4) is 0 Å². The molecular formula is C14H24N4. The lowest BCUT2D eigenvalue weighted by Gasteiger charge is -2.25. The van der Waals surface area contributed by atoms with Gasteiger partial charge in [-0.05, 0) is 40.1 Å². The first kappa shape index (κ1) is 13.3. The highest BCUT2D eigenvalue weighted by molar-refractivity contribution is 5.53. The first-order valence-corrected chi connectivity index (χ1v) is 6.74. The molecule has 1 aliphatic heterocycles. The smallest absolute Gasteiger partial charge is 0.0445 e. The molecule has 1 fully saturated rings. The highest BCUT2D eigenvalue weighted by Gasteiger charge is 2.15. The van der Waals surface area contributed by atoms with E-state index in [1.807, 2.05) is 13.2 Å². The fourth-order valence-corrected chi connectivity index (χ4v) is 2.48. The van der Waals surface area contributed by atoms with Gasteiger partial charge in [-0.15, -0.1) is 0 Å². The van der Waals surface area contributed by atoms with E-state index in [2.05, 4.69) is 40.1 Å². The maximum Gasteiger partial charge on any atom is 0.0445 e. The van der Waals surface area contributed by atoms with E-state index in [4.69, 9.17) is 0 Å². The predicted octanol–water partition coefficient (Wildman–Crippen LogP) is 1.25. The third-order valence-corrected chi connectivity index (χ3v) is 3.53. The van der Waals surface area contributed by atoms with Crippen molar-refractivity contribution < 1.29 is 0 Å². The average Bonchev–Trinajstić information content (AvgIpc) is 2.57. The van der Waals surface area contributed by atoms with Crippen molar-refractivity contribution in [3.05, 3.63) is 23.5 Å². The zero-order valence-corrected chi connectivity index (χ0v) is 11.7. The van der Waals surface area contributed by atoms with Crippen molar-refractivity contribution in [2.45, 2.75) is 19.9 Å². The normalized spacial score (nSPS) is 17.8. The van der Waals surface area contributed by atoms with Crippen LogP contribution in [-0.4, -0.2) is 50.2 Å². The average molecular weight is 248 g/mol. The van der Waals surface area contributed by atoms with Crippen LogP contribution in [0.4, 0.5) is 5.69 Å². The molecule has 0 saturated carbocycles. The molecule has 1 N–H and O–H groups in total. The number of hydrogen-bond acceptors (Lipinski definition) is 4. The Morgan fingerprint density at radius 3 is 2.89 bits per heavy atom. The van der Waals surface area contributed by atoms with E-state index in [-0.39, 0.29) is 0 Å². The number of hydrogen-bond donors (Lipinski definition) is 1. The molecule has 0 aromatic carbocycles. The van der Waals surface area contributed by atoms with E-state index in [1.165, 1.54) is 24.2 Å². The van der Waals surface area contributed by atoms with Crippen LogP contribution < -0.4 is 10.2 Å². The van der Waals surface area contributed by atoms with E-state index in [9.17, 15) is 0 Å². The Balaban J connectivity index is 2.21. The first-order chi connectivity index (χ1) is 8.70. The highest BCUT2D eigenvalue weighted by atomic mass is 15.2. The van der Waals surface area contributed by atoms with Crippen LogP contribution in [-0.2, 0) is 6.54 Å². The Morgan fingerprint density at radius 2 is 2.11 bits per heavy atom. The summed E-state index contributed by atoms with van der Waals surface area (Å²) >= 11 is 0. The van der Waals surface area contributed by atoms with E-state index in [0.29, 0.717) is 0 Å². The molecule has 0 aliphatic carbocycles. The number of aromatic nitrogens is 1. The van der Waals surface area contributed by atoms with Gasteiger partial charge in [0.05, 0.1) is 0 Å². The van der Waals surface area contributed by atoms with Crippen molar-refractivity contribution in [2.24, 2.45) is 0 Å². The molecule has 18 heavy (non-hydrogen) atoms. The Morgan fingerprint density at radius 1 is 1.28 bits per heavy atom. The number of nitrogens with one attached hydrogen (secondary N) is 1. The summed E-state index contributed by atoms with van der Waals surface area (Å²) in [5.41, 5.74) is 3.75. The van der Waals surface area contributed by atoms with Gasteiger partial charge in [0.1, 0.15) is 0 Å². The summed E-state index contributed by atoms with van der Waals surface area (Å²) in [6.07, 6.45) is 3.24. The van der Waals surface area contributed by atoms with Crippen LogP contribution in [0.25, 0.3) is 0 Å². The second kappa shape index (κ2) is 6.16.